The maximum atomic E-state index is 6.71. The summed E-state index contributed by atoms with van der Waals surface area (Å²) in [5.41, 5.74) is 8.96. The lowest BCUT2D eigenvalue weighted by Gasteiger charge is -2.24. The van der Waals surface area contributed by atoms with Gasteiger partial charge in [-0.3, -0.25) is 9.97 Å². The van der Waals surface area contributed by atoms with E-state index in [0.717, 1.165) is 34.0 Å². The number of hydrogen-bond donors (Lipinski definition) is 0. The van der Waals surface area contributed by atoms with Gasteiger partial charge in [-0.05, 0) is 105 Å². The second-order valence-electron chi connectivity index (χ2n) is 15.5. The van der Waals surface area contributed by atoms with Crippen molar-refractivity contribution in [2.24, 2.45) is 0 Å². The lowest BCUT2D eigenvalue weighted by Crippen LogP contribution is -2.13. The third-order valence-electron chi connectivity index (χ3n) is 7.62. The monoisotopic (exact) mass is 548 g/mol. The Bertz CT molecular complexity index is 1420. The highest BCUT2D eigenvalue weighted by Crippen LogP contribution is 2.38. The second-order valence-corrected chi connectivity index (χ2v) is 15.5. The van der Waals surface area contributed by atoms with Gasteiger partial charge in [0.05, 0.1) is 11.4 Å². The van der Waals surface area contributed by atoms with Crippen LogP contribution in [0.4, 0.5) is 0 Å². The van der Waals surface area contributed by atoms with Crippen molar-refractivity contribution < 1.29 is 4.74 Å². The van der Waals surface area contributed by atoms with E-state index in [1.165, 1.54) is 22.3 Å². The molecule has 0 saturated carbocycles. The minimum atomic E-state index is -0.0501. The van der Waals surface area contributed by atoms with E-state index in [0.29, 0.717) is 0 Å². The summed E-state index contributed by atoms with van der Waals surface area (Å²) in [6, 6.07) is 21.7. The lowest BCUT2D eigenvalue weighted by molar-refractivity contribution is 0.475. The predicted molar refractivity (Wildman–Crippen MR) is 174 cm³/mol. The van der Waals surface area contributed by atoms with Crippen molar-refractivity contribution in [2.45, 2.75) is 105 Å². The molecule has 216 valence electrons. The molecule has 41 heavy (non-hydrogen) atoms. The summed E-state index contributed by atoms with van der Waals surface area (Å²) >= 11 is 0. The summed E-state index contributed by atoms with van der Waals surface area (Å²) in [6.45, 7) is 26.8. The molecule has 0 radical (unpaired) electrons. The van der Waals surface area contributed by atoms with E-state index >= 15 is 0 Å². The fourth-order valence-corrected chi connectivity index (χ4v) is 4.72. The van der Waals surface area contributed by atoms with Crippen LogP contribution in [0.25, 0.3) is 22.5 Å². The number of nitrogens with zero attached hydrogens (tertiary/aromatic N) is 2. The summed E-state index contributed by atoms with van der Waals surface area (Å²) < 4.78 is 6.71. The van der Waals surface area contributed by atoms with Gasteiger partial charge >= 0.3 is 0 Å². The van der Waals surface area contributed by atoms with Gasteiger partial charge in [-0.1, -0.05) is 83.1 Å². The summed E-state index contributed by atoms with van der Waals surface area (Å²) in [7, 11) is 0. The Labute approximate surface area is 248 Å². The van der Waals surface area contributed by atoms with Gasteiger partial charge < -0.3 is 4.74 Å². The first kappa shape index (κ1) is 30.5. The highest BCUT2D eigenvalue weighted by Gasteiger charge is 2.21. The Kier molecular flexibility index (Phi) is 7.99. The number of hydrogen-bond acceptors (Lipinski definition) is 3. The molecule has 0 aliphatic heterocycles. The first-order chi connectivity index (χ1) is 18.8. The fraction of sp³-hybridized carbons (Fsp3) is 0.421. The summed E-state index contributed by atoms with van der Waals surface area (Å²) in [4.78, 5) is 9.52. The van der Waals surface area contributed by atoms with Crippen LogP contribution < -0.4 is 4.74 Å². The van der Waals surface area contributed by atoms with Crippen molar-refractivity contribution in [3.8, 4) is 34.0 Å². The molecule has 0 aliphatic carbocycles. The highest BCUT2D eigenvalue weighted by molar-refractivity contribution is 5.66. The summed E-state index contributed by atoms with van der Waals surface area (Å²) in [6.07, 6.45) is 3.83. The van der Waals surface area contributed by atoms with Crippen LogP contribution in [0.15, 0.2) is 73.1 Å². The fourth-order valence-electron chi connectivity index (χ4n) is 4.72. The minimum Gasteiger partial charge on any atom is -0.457 e. The van der Waals surface area contributed by atoms with Crippen LogP contribution in [0.2, 0.25) is 0 Å². The predicted octanol–water partition coefficient (Wildman–Crippen LogP) is 10.8. The Morgan fingerprint density at radius 1 is 0.415 bits per heavy atom. The Hall–Kier alpha value is -3.46. The standard InChI is InChI=1S/C38H48N2O/c1-35(2,3)27-13-15-39-33(23-27)25-17-29(37(7,8)9)21-31(19-25)41-32-20-26(18-30(22-32)38(10,11)12)34-24-28(14-16-40-34)36(4,5)6/h13-24H,1-12H3. The number of pyridine rings is 2. The molecule has 0 amide bonds. The molecule has 0 spiro atoms. The van der Waals surface area contributed by atoms with E-state index in [-0.39, 0.29) is 21.7 Å². The minimum absolute atomic E-state index is 0.0424. The van der Waals surface area contributed by atoms with Gasteiger partial charge in [-0.2, -0.15) is 0 Å². The van der Waals surface area contributed by atoms with Gasteiger partial charge in [0, 0.05) is 23.5 Å². The average Bonchev–Trinajstić information content (AvgIpc) is 2.86. The van der Waals surface area contributed by atoms with Gasteiger partial charge in [0.25, 0.3) is 0 Å². The Morgan fingerprint density at radius 3 is 1.07 bits per heavy atom. The molecule has 0 bridgehead atoms. The Balaban J connectivity index is 1.84. The van der Waals surface area contributed by atoms with E-state index in [2.05, 4.69) is 144 Å². The molecule has 0 N–H and O–H groups in total. The van der Waals surface area contributed by atoms with Crippen LogP contribution in [-0.4, -0.2) is 9.97 Å². The first-order valence-corrected chi connectivity index (χ1v) is 14.7. The molecule has 4 rings (SSSR count). The molecule has 0 saturated heterocycles. The van der Waals surface area contributed by atoms with Crippen LogP contribution in [-0.2, 0) is 21.7 Å². The second kappa shape index (κ2) is 10.7. The topological polar surface area (TPSA) is 35.0 Å². The molecule has 2 heterocycles. The lowest BCUT2D eigenvalue weighted by atomic mass is 9.84. The van der Waals surface area contributed by atoms with Crippen LogP contribution in [0, 0.1) is 0 Å². The molecule has 2 aromatic heterocycles. The zero-order valence-corrected chi connectivity index (χ0v) is 27.2. The molecule has 4 aromatic rings. The molecule has 3 nitrogen and oxygen atoms in total. The first-order valence-electron chi connectivity index (χ1n) is 14.7. The smallest absolute Gasteiger partial charge is 0.128 e. The molecule has 0 unspecified atom stereocenters. The molecular weight excluding hydrogens is 500 g/mol. The average molecular weight is 549 g/mol. The number of ether oxygens (including phenoxy) is 1. The molecule has 0 atom stereocenters. The molecule has 0 aliphatic rings. The van der Waals surface area contributed by atoms with E-state index in [9.17, 15) is 0 Å². The maximum Gasteiger partial charge on any atom is 0.128 e. The van der Waals surface area contributed by atoms with Crippen molar-refractivity contribution in [3.05, 3.63) is 95.3 Å². The van der Waals surface area contributed by atoms with Crippen LogP contribution in [0.3, 0.4) is 0 Å². The van der Waals surface area contributed by atoms with Gasteiger partial charge in [0.15, 0.2) is 0 Å². The van der Waals surface area contributed by atoms with Crippen molar-refractivity contribution in [1.29, 1.82) is 0 Å². The largest absolute Gasteiger partial charge is 0.457 e. The zero-order chi connectivity index (χ0) is 30.4. The van der Waals surface area contributed by atoms with Crippen LogP contribution in [0.5, 0.6) is 11.5 Å². The van der Waals surface area contributed by atoms with Gasteiger partial charge in [0.1, 0.15) is 11.5 Å². The van der Waals surface area contributed by atoms with Crippen LogP contribution >= 0.6 is 0 Å². The van der Waals surface area contributed by atoms with E-state index in [4.69, 9.17) is 14.7 Å². The number of benzene rings is 2. The highest BCUT2D eigenvalue weighted by atomic mass is 16.5. The Morgan fingerprint density at radius 2 is 0.756 bits per heavy atom. The summed E-state index contributed by atoms with van der Waals surface area (Å²) in [5.74, 6) is 1.62. The van der Waals surface area contributed by atoms with Crippen LogP contribution in [0.1, 0.15) is 105 Å². The molecule has 0 fully saturated rings. The SMILES string of the molecule is CC(C)(C)c1cc(Oc2cc(-c3cc(C(C)(C)C)ccn3)cc(C(C)(C)C)c2)cc(-c2cc(C(C)(C)C)ccn2)c1. The van der Waals surface area contributed by atoms with E-state index < -0.39 is 0 Å². The number of rotatable bonds is 4. The zero-order valence-electron chi connectivity index (χ0n) is 27.2. The van der Waals surface area contributed by atoms with E-state index in [1.54, 1.807) is 0 Å². The third-order valence-corrected chi connectivity index (χ3v) is 7.62. The van der Waals surface area contributed by atoms with Crippen molar-refractivity contribution in [3.63, 3.8) is 0 Å². The van der Waals surface area contributed by atoms with Crippen molar-refractivity contribution in [2.75, 3.05) is 0 Å². The normalized spacial score (nSPS) is 12.9. The van der Waals surface area contributed by atoms with Crippen molar-refractivity contribution in [1.82, 2.24) is 9.97 Å². The summed E-state index contributed by atoms with van der Waals surface area (Å²) in [5, 5.41) is 0. The molecule has 3 heteroatoms. The van der Waals surface area contributed by atoms with Gasteiger partial charge in [0.2, 0.25) is 0 Å². The molecule has 2 aromatic carbocycles. The van der Waals surface area contributed by atoms with Gasteiger partial charge in [-0.15, -0.1) is 0 Å². The number of aromatic nitrogens is 2. The van der Waals surface area contributed by atoms with E-state index in [1.807, 2.05) is 12.4 Å². The van der Waals surface area contributed by atoms with Gasteiger partial charge in [-0.25, -0.2) is 0 Å². The maximum absolute atomic E-state index is 6.71. The van der Waals surface area contributed by atoms with Crippen molar-refractivity contribution >= 4 is 0 Å². The third kappa shape index (κ3) is 7.44. The quantitative estimate of drug-likeness (QED) is 0.254. The molecular formula is C38H48N2O.